The van der Waals surface area contributed by atoms with Crippen LogP contribution in [0.1, 0.15) is 31.1 Å². The Kier molecular flexibility index (Phi) is 7.45. The van der Waals surface area contributed by atoms with Gasteiger partial charge in [0.05, 0.1) is 10.6 Å². The summed E-state index contributed by atoms with van der Waals surface area (Å²) in [6.07, 6.45) is 1.24. The van der Waals surface area contributed by atoms with Gasteiger partial charge in [0.1, 0.15) is 5.15 Å². The summed E-state index contributed by atoms with van der Waals surface area (Å²) in [6, 6.07) is 9.21. The van der Waals surface area contributed by atoms with E-state index in [-0.39, 0.29) is 15.7 Å². The third-order valence-electron chi connectivity index (χ3n) is 3.81. The number of ether oxygens (including phenoxy) is 1. The van der Waals surface area contributed by atoms with Crippen LogP contribution >= 0.6 is 23.2 Å². The van der Waals surface area contributed by atoms with Crippen LogP contribution in [0.4, 0.5) is 11.4 Å². The van der Waals surface area contributed by atoms with Gasteiger partial charge in [0.25, 0.3) is 5.91 Å². The molecule has 2 aromatic rings. The molecule has 0 bridgehead atoms. The Morgan fingerprint density at radius 1 is 1.22 bits per heavy atom. The Balaban J connectivity index is 1.90. The van der Waals surface area contributed by atoms with Crippen molar-refractivity contribution < 1.29 is 14.3 Å². The van der Waals surface area contributed by atoms with Gasteiger partial charge in [0, 0.05) is 30.2 Å². The lowest BCUT2D eigenvalue weighted by Crippen LogP contribution is -2.30. The molecule has 1 heterocycles. The smallest absolute Gasteiger partial charge is 0.340 e. The van der Waals surface area contributed by atoms with Gasteiger partial charge in [-0.15, -0.1) is 0 Å². The number of carbonyl (C=O) groups is 2. The van der Waals surface area contributed by atoms with E-state index in [1.54, 1.807) is 0 Å². The third-order valence-corrected chi connectivity index (χ3v) is 4.50. The number of anilines is 2. The van der Waals surface area contributed by atoms with E-state index in [2.05, 4.69) is 36.0 Å². The molecule has 1 N–H and O–H groups in total. The lowest BCUT2D eigenvalue weighted by Gasteiger charge is -2.27. The van der Waals surface area contributed by atoms with E-state index in [9.17, 15) is 9.59 Å². The summed E-state index contributed by atoms with van der Waals surface area (Å²) in [6.45, 7) is 6.80. The van der Waals surface area contributed by atoms with Gasteiger partial charge in [-0.05, 0) is 51.1 Å². The topological polar surface area (TPSA) is 71.5 Å². The summed E-state index contributed by atoms with van der Waals surface area (Å²) >= 11 is 11.5. The Bertz CT molecular complexity index is 810. The van der Waals surface area contributed by atoms with Crippen molar-refractivity contribution in [3.05, 3.63) is 52.3 Å². The van der Waals surface area contributed by atoms with E-state index in [0.717, 1.165) is 12.2 Å². The van der Waals surface area contributed by atoms with Gasteiger partial charge in [-0.2, -0.15) is 0 Å². The Hall–Kier alpha value is -2.31. The van der Waals surface area contributed by atoms with Crippen LogP contribution in [0.2, 0.25) is 10.2 Å². The molecule has 144 valence electrons. The number of carbonyl (C=O) groups excluding carboxylic acids is 2. The number of esters is 1. The molecule has 0 fully saturated rings. The second-order valence-electron chi connectivity index (χ2n) is 6.05. The molecule has 2 rings (SSSR count). The molecular weight excluding hydrogens is 389 g/mol. The Morgan fingerprint density at radius 3 is 2.44 bits per heavy atom. The zero-order chi connectivity index (χ0) is 20.0. The molecule has 0 unspecified atom stereocenters. The van der Waals surface area contributed by atoms with E-state index in [4.69, 9.17) is 27.9 Å². The Morgan fingerprint density at radius 2 is 1.89 bits per heavy atom. The van der Waals surface area contributed by atoms with Crippen LogP contribution < -0.4 is 10.2 Å². The third kappa shape index (κ3) is 5.84. The van der Waals surface area contributed by atoms with E-state index in [1.165, 1.54) is 12.3 Å². The minimum absolute atomic E-state index is 0.0912. The lowest BCUT2D eigenvalue weighted by atomic mass is 10.2. The molecule has 6 nitrogen and oxygen atoms in total. The first-order chi connectivity index (χ1) is 12.8. The minimum atomic E-state index is -0.706. The fraction of sp³-hybridized carbons (Fsp3) is 0.316. The quantitative estimate of drug-likeness (QED) is 0.541. The summed E-state index contributed by atoms with van der Waals surface area (Å²) in [5.41, 5.74) is 1.81. The standard InChI is InChI=1S/C19H21Cl2N3O3/c1-4-24(12(2)3)15-7-5-14(6-8-15)23-17(25)11-27-19(26)13-9-16(20)18(21)22-10-13/h5-10,12H,4,11H2,1-3H3,(H,23,25). The number of nitrogens with zero attached hydrogens (tertiary/aromatic N) is 2. The van der Waals surface area contributed by atoms with E-state index in [1.807, 2.05) is 24.3 Å². The van der Waals surface area contributed by atoms with Crippen LogP contribution in [0, 0.1) is 0 Å². The summed E-state index contributed by atoms with van der Waals surface area (Å²) in [5.74, 6) is -1.15. The normalized spacial score (nSPS) is 10.6. The van der Waals surface area contributed by atoms with Crippen LogP contribution in [-0.2, 0) is 9.53 Å². The highest BCUT2D eigenvalue weighted by molar-refractivity contribution is 6.41. The van der Waals surface area contributed by atoms with Gasteiger partial charge < -0.3 is 15.0 Å². The number of pyridine rings is 1. The predicted molar refractivity (Wildman–Crippen MR) is 108 cm³/mol. The molecule has 0 saturated carbocycles. The molecule has 0 saturated heterocycles. The molecular formula is C19H21Cl2N3O3. The second-order valence-corrected chi connectivity index (χ2v) is 6.81. The van der Waals surface area contributed by atoms with Crippen LogP contribution in [0.25, 0.3) is 0 Å². The van der Waals surface area contributed by atoms with Crippen molar-refractivity contribution in [2.75, 3.05) is 23.4 Å². The average molecular weight is 410 g/mol. The first-order valence-electron chi connectivity index (χ1n) is 8.46. The van der Waals surface area contributed by atoms with Crippen molar-refractivity contribution in [2.24, 2.45) is 0 Å². The lowest BCUT2D eigenvalue weighted by molar-refractivity contribution is -0.119. The second kappa shape index (κ2) is 9.58. The highest BCUT2D eigenvalue weighted by atomic mass is 35.5. The number of nitrogens with one attached hydrogen (secondary N) is 1. The fourth-order valence-corrected chi connectivity index (χ4v) is 2.80. The van der Waals surface area contributed by atoms with Gasteiger partial charge in [0.15, 0.2) is 6.61 Å². The molecule has 1 aromatic carbocycles. The number of halogens is 2. The maximum absolute atomic E-state index is 12.0. The molecule has 1 amide bonds. The summed E-state index contributed by atoms with van der Waals surface area (Å²) < 4.78 is 4.97. The number of hydrogen-bond acceptors (Lipinski definition) is 5. The molecule has 8 heteroatoms. The van der Waals surface area contributed by atoms with Gasteiger partial charge in [0.2, 0.25) is 0 Å². The Labute approximate surface area is 168 Å². The van der Waals surface area contributed by atoms with E-state index < -0.39 is 18.5 Å². The maximum Gasteiger partial charge on any atom is 0.340 e. The van der Waals surface area contributed by atoms with Gasteiger partial charge in [-0.1, -0.05) is 23.2 Å². The number of aromatic nitrogens is 1. The zero-order valence-electron chi connectivity index (χ0n) is 15.3. The molecule has 27 heavy (non-hydrogen) atoms. The SMILES string of the molecule is CCN(c1ccc(NC(=O)COC(=O)c2cnc(Cl)c(Cl)c2)cc1)C(C)C. The number of amides is 1. The average Bonchev–Trinajstić information content (AvgIpc) is 2.63. The highest BCUT2D eigenvalue weighted by Crippen LogP contribution is 2.21. The number of benzene rings is 1. The van der Waals surface area contributed by atoms with Gasteiger partial charge in [-0.3, -0.25) is 4.79 Å². The molecule has 0 spiro atoms. The van der Waals surface area contributed by atoms with Crippen molar-refractivity contribution in [3.63, 3.8) is 0 Å². The van der Waals surface area contributed by atoms with Crippen molar-refractivity contribution in [2.45, 2.75) is 26.8 Å². The first kappa shape index (κ1) is 21.0. The summed E-state index contributed by atoms with van der Waals surface area (Å²) in [7, 11) is 0. The van der Waals surface area contributed by atoms with E-state index in [0.29, 0.717) is 11.7 Å². The highest BCUT2D eigenvalue weighted by Gasteiger charge is 2.13. The minimum Gasteiger partial charge on any atom is -0.452 e. The van der Waals surface area contributed by atoms with Crippen LogP contribution in [0.15, 0.2) is 36.5 Å². The molecule has 0 radical (unpaired) electrons. The van der Waals surface area contributed by atoms with Gasteiger partial charge >= 0.3 is 5.97 Å². The summed E-state index contributed by atoms with van der Waals surface area (Å²) in [4.78, 5) is 29.9. The fourth-order valence-electron chi connectivity index (χ4n) is 2.53. The van der Waals surface area contributed by atoms with Crippen molar-refractivity contribution in [3.8, 4) is 0 Å². The predicted octanol–water partition coefficient (Wildman–Crippen LogP) is 4.42. The van der Waals surface area contributed by atoms with E-state index >= 15 is 0 Å². The molecule has 0 aliphatic carbocycles. The molecule has 0 aliphatic heterocycles. The first-order valence-corrected chi connectivity index (χ1v) is 9.22. The van der Waals surface area contributed by atoms with Crippen molar-refractivity contribution in [1.82, 2.24) is 4.98 Å². The number of hydrogen-bond donors (Lipinski definition) is 1. The van der Waals surface area contributed by atoms with Crippen molar-refractivity contribution >= 4 is 46.5 Å². The van der Waals surface area contributed by atoms with Crippen molar-refractivity contribution in [1.29, 1.82) is 0 Å². The zero-order valence-corrected chi connectivity index (χ0v) is 16.8. The maximum atomic E-state index is 12.0. The monoisotopic (exact) mass is 409 g/mol. The largest absolute Gasteiger partial charge is 0.452 e. The van der Waals surface area contributed by atoms with Crippen LogP contribution in [-0.4, -0.2) is 36.1 Å². The molecule has 1 aromatic heterocycles. The number of rotatable bonds is 7. The van der Waals surface area contributed by atoms with Crippen LogP contribution in [0.3, 0.4) is 0 Å². The summed E-state index contributed by atoms with van der Waals surface area (Å²) in [5, 5.41) is 2.91. The molecule has 0 atom stereocenters. The van der Waals surface area contributed by atoms with Gasteiger partial charge in [-0.25, -0.2) is 9.78 Å². The molecule has 0 aliphatic rings. The van der Waals surface area contributed by atoms with Crippen LogP contribution in [0.5, 0.6) is 0 Å².